The summed E-state index contributed by atoms with van der Waals surface area (Å²) in [4.78, 5) is 20.8. The van der Waals surface area contributed by atoms with Crippen molar-refractivity contribution in [2.45, 2.75) is 23.1 Å². The van der Waals surface area contributed by atoms with Crippen molar-refractivity contribution in [3.05, 3.63) is 71.8 Å². The molecule has 0 saturated carbocycles. The third-order valence-corrected chi connectivity index (χ3v) is 7.90. The molecule has 0 fully saturated rings. The van der Waals surface area contributed by atoms with Crippen molar-refractivity contribution in [3.63, 3.8) is 0 Å². The number of phenols is 1. The van der Waals surface area contributed by atoms with Crippen LogP contribution in [0.1, 0.15) is 18.1 Å². The van der Waals surface area contributed by atoms with E-state index in [1.807, 2.05) is 0 Å². The summed E-state index contributed by atoms with van der Waals surface area (Å²) in [5.41, 5.74) is 6.88. The van der Waals surface area contributed by atoms with Crippen LogP contribution >= 0.6 is 12.4 Å². The molecule has 0 aliphatic heterocycles. The Morgan fingerprint density at radius 2 is 1.70 bits per heavy atom. The van der Waals surface area contributed by atoms with Crippen LogP contribution in [0.4, 0.5) is 0 Å². The first-order valence-electron chi connectivity index (χ1n) is 10.9. The minimum atomic E-state index is -4.22. The fraction of sp³-hybridized carbons (Fsp3) is 0.167. The molecule has 218 valence electrons. The van der Waals surface area contributed by atoms with Crippen molar-refractivity contribution >= 4 is 44.1 Å². The fourth-order valence-electron chi connectivity index (χ4n) is 3.48. The van der Waals surface area contributed by atoms with E-state index in [4.69, 9.17) is 15.8 Å². The molecule has 0 heterocycles. The Morgan fingerprint density at radius 3 is 2.33 bits per heavy atom. The minimum absolute atomic E-state index is 0. The summed E-state index contributed by atoms with van der Waals surface area (Å²) in [5.74, 6) is -1.55. The zero-order valence-corrected chi connectivity index (χ0v) is 23.6. The number of hydrogen-bond donors (Lipinski definition) is 4. The van der Waals surface area contributed by atoms with Crippen molar-refractivity contribution < 1.29 is 47.2 Å². The van der Waals surface area contributed by atoms with Crippen LogP contribution < -0.4 is 15.3 Å². The van der Waals surface area contributed by atoms with Crippen molar-refractivity contribution in [1.82, 2.24) is 4.72 Å². The first-order chi connectivity index (χ1) is 17.8. The molecule has 0 radical (unpaired) electrons. The predicted octanol–water partition coefficient (Wildman–Crippen LogP) is 1.53. The third-order valence-electron chi connectivity index (χ3n) is 5.25. The van der Waals surface area contributed by atoms with Gasteiger partial charge in [0.05, 0.1) is 4.90 Å². The maximum atomic E-state index is 12.8. The van der Waals surface area contributed by atoms with Crippen LogP contribution in [-0.2, 0) is 36.0 Å². The molecule has 16 heteroatoms. The quantitative estimate of drug-likeness (QED) is 0.0843. The highest BCUT2D eigenvalue weighted by Crippen LogP contribution is 2.32. The Labute approximate surface area is 236 Å². The van der Waals surface area contributed by atoms with Gasteiger partial charge in [0, 0.05) is 36.4 Å². The van der Waals surface area contributed by atoms with E-state index in [9.17, 15) is 26.7 Å². The second-order valence-corrected chi connectivity index (χ2v) is 11.8. The molecule has 3 aromatic carbocycles. The minimum Gasteiger partial charge on any atom is -0.507 e. The third kappa shape index (κ3) is 8.30. The molecule has 0 saturated heterocycles. The van der Waals surface area contributed by atoms with Crippen LogP contribution in [0, 0.1) is 0 Å². The maximum Gasteiger partial charge on any atom is 0.352 e. The van der Waals surface area contributed by atoms with Gasteiger partial charge in [-0.05, 0) is 42.3 Å². The molecule has 0 aliphatic carbocycles. The summed E-state index contributed by atoms with van der Waals surface area (Å²) in [6.45, 7) is 0.969. The number of sulfonamides is 1. The number of nitrogens with zero attached hydrogens (tertiary/aromatic N) is 1. The average Bonchev–Trinajstić information content (AvgIpc) is 2.87. The predicted molar refractivity (Wildman–Crippen MR) is 148 cm³/mol. The number of rotatable bonds is 10. The highest BCUT2D eigenvalue weighted by molar-refractivity contribution is 7.91. The van der Waals surface area contributed by atoms with Gasteiger partial charge in [-0.1, -0.05) is 35.5 Å². The van der Waals surface area contributed by atoms with Crippen molar-refractivity contribution in [3.8, 4) is 22.6 Å². The Bertz CT molecular complexity index is 1610. The lowest BCUT2D eigenvalue weighted by Gasteiger charge is -2.14. The van der Waals surface area contributed by atoms with Crippen molar-refractivity contribution in [1.29, 1.82) is 0 Å². The van der Waals surface area contributed by atoms with Gasteiger partial charge in [0.15, 0.2) is 21.4 Å². The normalized spacial score (nSPS) is 11.6. The standard InChI is InChI=1S/C24H25N3O9S2.ClH.H2O/c1-15(28)35-36-21-13-17(19-5-3-4-6-22(19)37(2,31)32)8-7-16(21)11-12-26-38(33,34)23-14-18(24(25)27-30)9-10-20(23)29;;/h3-10,13-14,26,29-30H,11-12H2,1-2H3,(H2,25,27);1H;1H2. The number of hydrogen-bond acceptors (Lipinski definition) is 10. The Morgan fingerprint density at radius 1 is 1.02 bits per heavy atom. The molecule has 3 aromatic rings. The number of nitrogens with one attached hydrogen (secondary N) is 1. The molecule has 13 nitrogen and oxygen atoms in total. The Balaban J connectivity index is 0.00000400. The lowest BCUT2D eigenvalue weighted by atomic mass is 10.0. The Hall–Kier alpha value is -3.89. The molecule has 7 N–H and O–H groups in total. The smallest absolute Gasteiger partial charge is 0.352 e. The van der Waals surface area contributed by atoms with Crippen LogP contribution in [0.25, 0.3) is 11.1 Å². The number of carbonyl (C=O) groups excluding carboxylic acids is 1. The van der Waals surface area contributed by atoms with Crippen molar-refractivity contribution in [2.24, 2.45) is 10.9 Å². The summed E-state index contributed by atoms with van der Waals surface area (Å²) in [6.07, 6.45) is 1.14. The number of aromatic hydroxyl groups is 1. The first-order valence-corrected chi connectivity index (χ1v) is 14.3. The van der Waals surface area contributed by atoms with E-state index in [2.05, 4.69) is 14.8 Å². The lowest BCUT2D eigenvalue weighted by Crippen LogP contribution is -2.26. The molecule has 0 atom stereocenters. The van der Waals surface area contributed by atoms with Gasteiger partial charge >= 0.3 is 5.97 Å². The van der Waals surface area contributed by atoms with Gasteiger partial charge in [0.25, 0.3) is 0 Å². The van der Waals surface area contributed by atoms with Crippen LogP contribution in [0.3, 0.4) is 0 Å². The van der Waals surface area contributed by atoms with Gasteiger partial charge < -0.3 is 21.5 Å². The number of benzene rings is 3. The van der Waals surface area contributed by atoms with E-state index in [1.54, 1.807) is 30.3 Å². The molecular formula is C24H28ClN3O10S2. The SMILES string of the molecule is CC(=O)OOc1cc(-c2ccccc2S(C)(=O)=O)ccc1CCNS(=O)(=O)c1cc(C(N)=NO)ccc1O.Cl.O. The monoisotopic (exact) mass is 617 g/mol. The lowest BCUT2D eigenvalue weighted by molar-refractivity contribution is -0.211. The average molecular weight is 618 g/mol. The molecule has 0 aliphatic rings. The van der Waals surface area contributed by atoms with E-state index in [1.165, 1.54) is 18.2 Å². The van der Waals surface area contributed by atoms with E-state index in [-0.39, 0.29) is 52.9 Å². The molecule has 0 amide bonds. The van der Waals surface area contributed by atoms with Crippen LogP contribution in [-0.4, -0.2) is 57.2 Å². The molecule has 0 bridgehead atoms. The zero-order chi connectivity index (χ0) is 28.1. The molecular weight excluding hydrogens is 590 g/mol. The highest BCUT2D eigenvalue weighted by Gasteiger charge is 2.21. The fourth-order valence-corrected chi connectivity index (χ4v) is 5.55. The molecule has 40 heavy (non-hydrogen) atoms. The van der Waals surface area contributed by atoms with Gasteiger partial charge in [-0.3, -0.25) is 9.78 Å². The molecule has 3 rings (SSSR count). The first kappa shape index (κ1) is 34.1. The number of amidine groups is 1. The van der Waals surface area contributed by atoms with Gasteiger partial charge in [0.2, 0.25) is 10.0 Å². The summed E-state index contributed by atoms with van der Waals surface area (Å²) in [5, 5.41) is 21.7. The highest BCUT2D eigenvalue weighted by atomic mass is 35.5. The number of halogens is 1. The zero-order valence-electron chi connectivity index (χ0n) is 21.2. The van der Waals surface area contributed by atoms with E-state index < -0.39 is 36.5 Å². The van der Waals surface area contributed by atoms with Gasteiger partial charge in [-0.2, -0.15) is 0 Å². The number of sulfone groups is 1. The Kier molecular flexibility index (Phi) is 11.9. The van der Waals surface area contributed by atoms with Gasteiger partial charge in [0.1, 0.15) is 10.6 Å². The summed E-state index contributed by atoms with van der Waals surface area (Å²) < 4.78 is 52.4. The number of phenolic OH excluding ortho intramolecular Hbond substituents is 1. The van der Waals surface area contributed by atoms with Crippen LogP contribution in [0.5, 0.6) is 11.5 Å². The van der Waals surface area contributed by atoms with E-state index >= 15 is 0 Å². The topological polar surface area (TPSA) is 226 Å². The second-order valence-electron chi connectivity index (χ2n) is 8.06. The second kappa shape index (κ2) is 14.0. The molecule has 0 unspecified atom stereocenters. The maximum absolute atomic E-state index is 12.8. The van der Waals surface area contributed by atoms with Gasteiger partial charge in [-0.25, -0.2) is 26.4 Å². The van der Waals surface area contributed by atoms with Crippen LogP contribution in [0.2, 0.25) is 0 Å². The van der Waals surface area contributed by atoms with Crippen molar-refractivity contribution in [2.75, 3.05) is 12.8 Å². The molecule has 0 spiro atoms. The largest absolute Gasteiger partial charge is 0.507 e. The van der Waals surface area contributed by atoms with Gasteiger partial charge in [-0.15, -0.1) is 12.4 Å². The van der Waals surface area contributed by atoms with E-state index in [0.29, 0.717) is 16.7 Å². The van der Waals surface area contributed by atoms with E-state index in [0.717, 1.165) is 25.3 Å². The summed E-state index contributed by atoms with van der Waals surface area (Å²) in [7, 11) is -7.78. The number of nitrogens with two attached hydrogens (primary N) is 1. The summed E-state index contributed by atoms with van der Waals surface area (Å²) >= 11 is 0. The molecule has 0 aromatic heterocycles. The number of carbonyl (C=O) groups is 1. The summed E-state index contributed by atoms with van der Waals surface area (Å²) in [6, 6.07) is 14.5. The number of oxime groups is 1. The van der Waals surface area contributed by atoms with Crippen LogP contribution in [0.15, 0.2) is 75.6 Å².